The first-order valence-corrected chi connectivity index (χ1v) is 7.30. The molecule has 1 N–H and O–H groups in total. The third-order valence-electron chi connectivity index (χ3n) is 2.39. The molecule has 0 radical (unpaired) electrons. The lowest BCUT2D eigenvalue weighted by molar-refractivity contribution is -0.128. The van der Waals surface area contributed by atoms with Crippen LogP contribution in [-0.4, -0.2) is 16.5 Å². The Morgan fingerprint density at radius 3 is 2.63 bits per heavy atom. The Morgan fingerprint density at radius 2 is 2.05 bits per heavy atom. The Balaban J connectivity index is 2.04. The first-order valence-electron chi connectivity index (χ1n) is 5.63. The van der Waals surface area contributed by atoms with Crippen molar-refractivity contribution in [2.75, 3.05) is 5.32 Å². The number of hydrogen-bond acceptors (Lipinski definition) is 4. The highest BCUT2D eigenvalue weighted by molar-refractivity contribution is 9.10. The average molecular weight is 341 g/mol. The number of rotatable bonds is 4. The molecule has 1 aromatic heterocycles. The van der Waals surface area contributed by atoms with E-state index in [2.05, 4.69) is 26.2 Å². The van der Waals surface area contributed by atoms with Gasteiger partial charge in [-0.25, -0.2) is 4.98 Å². The molecule has 0 saturated heterocycles. The fourth-order valence-electron chi connectivity index (χ4n) is 1.38. The molecule has 0 aliphatic rings. The van der Waals surface area contributed by atoms with E-state index >= 15 is 0 Å². The number of thiazole rings is 1. The predicted molar refractivity (Wildman–Crippen MR) is 79.6 cm³/mol. The van der Waals surface area contributed by atoms with Crippen LogP contribution in [0.15, 0.2) is 40.3 Å². The molecule has 19 heavy (non-hydrogen) atoms. The third-order valence-corrected chi connectivity index (χ3v) is 3.60. The largest absolute Gasteiger partial charge is 0.478 e. The minimum atomic E-state index is -0.973. The molecule has 0 unspecified atom stereocenters. The summed E-state index contributed by atoms with van der Waals surface area (Å²) in [6.07, 6.45) is 1.64. The Kier molecular flexibility index (Phi) is 4.21. The molecular formula is C13H13BrN2O2S. The molecule has 2 aromatic rings. The van der Waals surface area contributed by atoms with Crippen molar-refractivity contribution in [2.24, 2.45) is 0 Å². The van der Waals surface area contributed by atoms with Crippen molar-refractivity contribution >= 4 is 38.3 Å². The number of anilines is 1. The lowest BCUT2D eigenvalue weighted by Gasteiger charge is -2.24. The number of halogens is 1. The second-order valence-electron chi connectivity index (χ2n) is 4.36. The number of aromatic nitrogens is 1. The van der Waals surface area contributed by atoms with Crippen molar-refractivity contribution in [2.45, 2.75) is 19.4 Å². The third kappa shape index (κ3) is 3.78. The summed E-state index contributed by atoms with van der Waals surface area (Å²) < 4.78 is 6.67. The van der Waals surface area contributed by atoms with Gasteiger partial charge in [-0.05, 0) is 38.1 Å². The molecule has 1 amide bonds. The van der Waals surface area contributed by atoms with Crippen LogP contribution < -0.4 is 10.1 Å². The second kappa shape index (κ2) is 5.71. The zero-order chi connectivity index (χ0) is 13.9. The van der Waals surface area contributed by atoms with Crippen LogP contribution in [0.1, 0.15) is 13.8 Å². The Labute approximate surface area is 124 Å². The Morgan fingerprint density at radius 1 is 1.37 bits per heavy atom. The average Bonchev–Trinajstić information content (AvgIpc) is 2.84. The van der Waals surface area contributed by atoms with E-state index in [1.807, 2.05) is 24.3 Å². The van der Waals surface area contributed by atoms with E-state index in [-0.39, 0.29) is 5.91 Å². The topological polar surface area (TPSA) is 51.2 Å². The van der Waals surface area contributed by atoms with E-state index < -0.39 is 5.60 Å². The summed E-state index contributed by atoms with van der Waals surface area (Å²) in [5.41, 5.74) is -0.973. The summed E-state index contributed by atoms with van der Waals surface area (Å²) in [4.78, 5) is 16.1. The number of nitrogens with zero attached hydrogens (tertiary/aromatic N) is 1. The van der Waals surface area contributed by atoms with Gasteiger partial charge in [0.15, 0.2) is 10.7 Å². The summed E-state index contributed by atoms with van der Waals surface area (Å²) in [6, 6.07) is 7.35. The number of nitrogens with one attached hydrogen (secondary N) is 1. The van der Waals surface area contributed by atoms with Gasteiger partial charge in [-0.3, -0.25) is 10.1 Å². The maximum Gasteiger partial charge on any atom is 0.269 e. The van der Waals surface area contributed by atoms with E-state index in [9.17, 15) is 4.79 Å². The van der Waals surface area contributed by atoms with Gasteiger partial charge in [0.05, 0.1) is 0 Å². The number of hydrogen-bond donors (Lipinski definition) is 1. The number of ether oxygens (including phenoxy) is 1. The summed E-state index contributed by atoms with van der Waals surface area (Å²) in [7, 11) is 0. The zero-order valence-corrected chi connectivity index (χ0v) is 12.9. The SMILES string of the molecule is CC(C)(Oc1ccc(Br)cc1)C(=O)Nc1nccs1. The molecule has 0 spiro atoms. The van der Waals surface area contributed by atoms with E-state index in [4.69, 9.17) is 4.74 Å². The molecule has 6 heteroatoms. The van der Waals surface area contributed by atoms with Gasteiger partial charge < -0.3 is 4.74 Å². The Hall–Kier alpha value is -1.40. The minimum Gasteiger partial charge on any atom is -0.478 e. The van der Waals surface area contributed by atoms with Crippen molar-refractivity contribution in [3.05, 3.63) is 40.3 Å². The molecule has 100 valence electrons. The van der Waals surface area contributed by atoms with Gasteiger partial charge in [0.25, 0.3) is 5.91 Å². The molecule has 0 aliphatic carbocycles. The summed E-state index contributed by atoms with van der Waals surface area (Å²) in [6.45, 7) is 3.44. The van der Waals surface area contributed by atoms with E-state index in [0.717, 1.165) is 4.47 Å². The molecule has 0 aliphatic heterocycles. The fourth-order valence-corrected chi connectivity index (χ4v) is 2.16. The lowest BCUT2D eigenvalue weighted by Crippen LogP contribution is -2.42. The molecule has 0 saturated carbocycles. The highest BCUT2D eigenvalue weighted by atomic mass is 79.9. The highest BCUT2D eigenvalue weighted by Crippen LogP contribution is 2.22. The van der Waals surface area contributed by atoms with Gasteiger partial charge in [0.1, 0.15) is 5.75 Å². The van der Waals surface area contributed by atoms with E-state index in [1.54, 1.807) is 25.4 Å². The number of amides is 1. The van der Waals surface area contributed by atoms with E-state index in [0.29, 0.717) is 10.9 Å². The van der Waals surface area contributed by atoms with Crippen molar-refractivity contribution in [3.63, 3.8) is 0 Å². The first-order chi connectivity index (χ1) is 8.97. The van der Waals surface area contributed by atoms with Crippen LogP contribution in [0.3, 0.4) is 0 Å². The van der Waals surface area contributed by atoms with Crippen LogP contribution >= 0.6 is 27.3 Å². The number of carbonyl (C=O) groups excluding carboxylic acids is 1. The van der Waals surface area contributed by atoms with Gasteiger partial charge in [-0.15, -0.1) is 11.3 Å². The van der Waals surface area contributed by atoms with Crippen molar-refractivity contribution in [1.29, 1.82) is 0 Å². The number of carbonyl (C=O) groups is 1. The molecule has 2 rings (SSSR count). The highest BCUT2D eigenvalue weighted by Gasteiger charge is 2.30. The number of benzene rings is 1. The fraction of sp³-hybridized carbons (Fsp3) is 0.231. The quantitative estimate of drug-likeness (QED) is 0.923. The van der Waals surface area contributed by atoms with Crippen LogP contribution in [0.4, 0.5) is 5.13 Å². The standard InChI is InChI=1S/C13H13BrN2O2S/c1-13(2,11(17)16-12-15-7-8-19-12)18-10-5-3-9(14)4-6-10/h3-8H,1-2H3,(H,15,16,17). The zero-order valence-electron chi connectivity index (χ0n) is 10.5. The Bertz CT molecular complexity index is 553. The minimum absolute atomic E-state index is 0.231. The van der Waals surface area contributed by atoms with Gasteiger partial charge in [-0.1, -0.05) is 15.9 Å². The van der Waals surface area contributed by atoms with Crippen molar-refractivity contribution in [3.8, 4) is 5.75 Å². The summed E-state index contributed by atoms with van der Waals surface area (Å²) in [5.74, 6) is 0.410. The van der Waals surface area contributed by atoms with Crippen LogP contribution in [0.25, 0.3) is 0 Å². The monoisotopic (exact) mass is 340 g/mol. The van der Waals surface area contributed by atoms with Crippen LogP contribution in [0, 0.1) is 0 Å². The lowest BCUT2D eigenvalue weighted by atomic mass is 10.1. The van der Waals surface area contributed by atoms with Gasteiger partial charge >= 0.3 is 0 Å². The van der Waals surface area contributed by atoms with Gasteiger partial charge in [0.2, 0.25) is 0 Å². The summed E-state index contributed by atoms with van der Waals surface area (Å²) >= 11 is 4.72. The van der Waals surface area contributed by atoms with Crippen LogP contribution in [-0.2, 0) is 4.79 Å². The van der Waals surface area contributed by atoms with Gasteiger partial charge in [0, 0.05) is 16.0 Å². The molecule has 1 heterocycles. The summed E-state index contributed by atoms with van der Waals surface area (Å²) in [5, 5.41) is 5.10. The van der Waals surface area contributed by atoms with Gasteiger partial charge in [-0.2, -0.15) is 0 Å². The van der Waals surface area contributed by atoms with Crippen molar-refractivity contribution < 1.29 is 9.53 Å². The molecule has 1 aromatic carbocycles. The molecule has 4 nitrogen and oxygen atoms in total. The van der Waals surface area contributed by atoms with E-state index in [1.165, 1.54) is 11.3 Å². The van der Waals surface area contributed by atoms with Crippen molar-refractivity contribution in [1.82, 2.24) is 4.98 Å². The molecular weight excluding hydrogens is 328 g/mol. The predicted octanol–water partition coefficient (Wildman–Crippen LogP) is 3.70. The van der Waals surface area contributed by atoms with Crippen LogP contribution in [0.2, 0.25) is 0 Å². The molecule has 0 fully saturated rings. The smallest absolute Gasteiger partial charge is 0.269 e. The maximum absolute atomic E-state index is 12.1. The second-order valence-corrected chi connectivity index (χ2v) is 6.17. The molecule has 0 bridgehead atoms. The first kappa shape index (κ1) is 14.0. The molecule has 0 atom stereocenters. The van der Waals surface area contributed by atoms with Crippen LogP contribution in [0.5, 0.6) is 5.75 Å². The normalized spacial score (nSPS) is 11.1. The maximum atomic E-state index is 12.1.